The number of benzene rings is 1. The Morgan fingerprint density at radius 2 is 2.06 bits per heavy atom. The number of thiocarbonyl (C=S) groups is 1. The Bertz CT molecular complexity index is 400. The molecule has 0 saturated carbocycles. The van der Waals surface area contributed by atoms with E-state index in [0.29, 0.717) is 4.99 Å². The van der Waals surface area contributed by atoms with Gasteiger partial charge in [-0.2, -0.15) is 0 Å². The average molecular weight is 236 g/mol. The molecule has 0 aliphatic carbocycles. The van der Waals surface area contributed by atoms with Crippen LogP contribution in [-0.4, -0.2) is 31.3 Å². The van der Waals surface area contributed by atoms with Gasteiger partial charge in [0.05, 0.1) is 13.2 Å². The van der Waals surface area contributed by atoms with E-state index >= 15 is 0 Å². The van der Waals surface area contributed by atoms with Crippen molar-refractivity contribution >= 4 is 22.9 Å². The number of hydrogen-bond donors (Lipinski definition) is 1. The van der Waals surface area contributed by atoms with Gasteiger partial charge in [0.15, 0.2) is 0 Å². The van der Waals surface area contributed by atoms with Crippen LogP contribution in [0.2, 0.25) is 0 Å². The number of nitrogens with two attached hydrogens (primary N) is 1. The Morgan fingerprint density at radius 3 is 2.62 bits per heavy atom. The molecule has 0 spiro atoms. The van der Waals surface area contributed by atoms with Crippen molar-refractivity contribution < 1.29 is 4.74 Å². The van der Waals surface area contributed by atoms with E-state index in [1.165, 1.54) is 11.3 Å². The summed E-state index contributed by atoms with van der Waals surface area (Å²) >= 11 is 4.97. The molecule has 1 fully saturated rings. The van der Waals surface area contributed by atoms with Gasteiger partial charge in [-0.15, -0.1) is 0 Å². The van der Waals surface area contributed by atoms with Crippen molar-refractivity contribution in [2.75, 3.05) is 31.2 Å². The molecular formula is C12H16N2OS. The topological polar surface area (TPSA) is 38.5 Å². The largest absolute Gasteiger partial charge is 0.389 e. The molecule has 1 aliphatic heterocycles. The van der Waals surface area contributed by atoms with Crippen LogP contribution in [0.15, 0.2) is 18.2 Å². The van der Waals surface area contributed by atoms with E-state index in [0.717, 1.165) is 31.9 Å². The molecule has 0 amide bonds. The third-order valence-electron chi connectivity index (χ3n) is 2.83. The summed E-state index contributed by atoms with van der Waals surface area (Å²) in [7, 11) is 0. The van der Waals surface area contributed by atoms with Gasteiger partial charge in [0, 0.05) is 24.3 Å². The number of morpholine rings is 1. The number of hydrogen-bond acceptors (Lipinski definition) is 3. The maximum Gasteiger partial charge on any atom is 0.103 e. The highest BCUT2D eigenvalue weighted by molar-refractivity contribution is 7.80. The molecule has 1 saturated heterocycles. The highest BCUT2D eigenvalue weighted by Gasteiger charge is 2.13. The minimum Gasteiger partial charge on any atom is -0.389 e. The summed E-state index contributed by atoms with van der Waals surface area (Å²) in [4.78, 5) is 2.79. The molecular weight excluding hydrogens is 220 g/mol. The lowest BCUT2D eigenvalue weighted by Crippen LogP contribution is -2.36. The van der Waals surface area contributed by atoms with E-state index in [1.54, 1.807) is 0 Å². The molecule has 0 radical (unpaired) electrons. The summed E-state index contributed by atoms with van der Waals surface area (Å²) < 4.78 is 5.34. The van der Waals surface area contributed by atoms with Crippen molar-refractivity contribution in [1.82, 2.24) is 0 Å². The van der Waals surface area contributed by atoms with E-state index in [1.807, 2.05) is 12.1 Å². The van der Waals surface area contributed by atoms with Crippen molar-refractivity contribution in [3.63, 3.8) is 0 Å². The van der Waals surface area contributed by atoms with Crippen LogP contribution in [0.1, 0.15) is 11.1 Å². The van der Waals surface area contributed by atoms with Crippen LogP contribution in [0.4, 0.5) is 5.69 Å². The van der Waals surface area contributed by atoms with E-state index in [9.17, 15) is 0 Å². The fourth-order valence-corrected chi connectivity index (χ4v) is 2.09. The molecule has 3 nitrogen and oxygen atoms in total. The fourth-order valence-electron chi connectivity index (χ4n) is 1.97. The van der Waals surface area contributed by atoms with E-state index in [-0.39, 0.29) is 0 Å². The predicted molar refractivity (Wildman–Crippen MR) is 70.1 cm³/mol. The zero-order chi connectivity index (χ0) is 11.5. The fraction of sp³-hybridized carbons (Fsp3) is 0.417. The zero-order valence-corrected chi connectivity index (χ0v) is 10.2. The van der Waals surface area contributed by atoms with Crippen LogP contribution in [0.5, 0.6) is 0 Å². The molecule has 2 rings (SSSR count). The Morgan fingerprint density at radius 1 is 1.38 bits per heavy atom. The molecule has 1 aliphatic rings. The summed E-state index contributed by atoms with van der Waals surface area (Å²) in [5.74, 6) is 0. The second-order valence-corrected chi connectivity index (χ2v) is 4.40. The summed E-state index contributed by atoms with van der Waals surface area (Å²) in [6, 6.07) is 6.13. The molecule has 1 aromatic rings. The van der Waals surface area contributed by atoms with E-state index in [2.05, 4.69) is 17.9 Å². The standard InChI is InChI=1S/C12H16N2OS/c1-9-8-10(12(13)16)2-3-11(9)14-4-6-15-7-5-14/h2-3,8H,4-7H2,1H3,(H2,13,16). The minimum absolute atomic E-state index is 0.455. The van der Waals surface area contributed by atoms with Crippen molar-refractivity contribution in [3.8, 4) is 0 Å². The van der Waals surface area contributed by atoms with Gasteiger partial charge in [-0.25, -0.2) is 0 Å². The molecule has 0 atom stereocenters. The highest BCUT2D eigenvalue weighted by Crippen LogP contribution is 2.22. The first kappa shape index (κ1) is 11.4. The third-order valence-corrected chi connectivity index (χ3v) is 3.07. The quantitative estimate of drug-likeness (QED) is 0.789. The van der Waals surface area contributed by atoms with Crippen LogP contribution in [0.25, 0.3) is 0 Å². The SMILES string of the molecule is Cc1cc(C(N)=S)ccc1N1CCOCC1. The molecule has 1 aromatic carbocycles. The maximum atomic E-state index is 5.61. The number of nitrogens with zero attached hydrogens (tertiary/aromatic N) is 1. The molecule has 4 heteroatoms. The molecule has 86 valence electrons. The monoisotopic (exact) mass is 236 g/mol. The Hall–Kier alpha value is -1.13. The lowest BCUT2D eigenvalue weighted by atomic mass is 10.1. The molecule has 0 aromatic heterocycles. The number of ether oxygens (including phenoxy) is 1. The van der Waals surface area contributed by atoms with Crippen LogP contribution in [-0.2, 0) is 4.74 Å². The van der Waals surface area contributed by atoms with Gasteiger partial charge < -0.3 is 15.4 Å². The van der Waals surface area contributed by atoms with Gasteiger partial charge >= 0.3 is 0 Å². The second kappa shape index (κ2) is 4.80. The highest BCUT2D eigenvalue weighted by atomic mass is 32.1. The first-order valence-electron chi connectivity index (χ1n) is 5.41. The van der Waals surface area contributed by atoms with Gasteiger partial charge in [-0.3, -0.25) is 0 Å². The maximum absolute atomic E-state index is 5.61. The summed E-state index contributed by atoms with van der Waals surface area (Å²) in [6.45, 7) is 5.60. The molecule has 0 bridgehead atoms. The van der Waals surface area contributed by atoms with E-state index < -0.39 is 0 Å². The van der Waals surface area contributed by atoms with Gasteiger partial charge in [0.25, 0.3) is 0 Å². The average Bonchev–Trinajstić information content (AvgIpc) is 2.30. The van der Waals surface area contributed by atoms with Crippen molar-refractivity contribution in [2.45, 2.75) is 6.92 Å². The van der Waals surface area contributed by atoms with Gasteiger partial charge in [-0.1, -0.05) is 12.2 Å². The van der Waals surface area contributed by atoms with E-state index in [4.69, 9.17) is 22.7 Å². The molecule has 2 N–H and O–H groups in total. The number of anilines is 1. The van der Waals surface area contributed by atoms with Crippen LogP contribution >= 0.6 is 12.2 Å². The summed E-state index contributed by atoms with van der Waals surface area (Å²) in [5, 5.41) is 0. The predicted octanol–water partition coefficient (Wildman–Crippen LogP) is 1.47. The first-order chi connectivity index (χ1) is 7.68. The van der Waals surface area contributed by atoms with Crippen molar-refractivity contribution in [3.05, 3.63) is 29.3 Å². The Labute approximate surface area is 101 Å². The lowest BCUT2D eigenvalue weighted by molar-refractivity contribution is 0.122. The zero-order valence-electron chi connectivity index (χ0n) is 9.40. The second-order valence-electron chi connectivity index (χ2n) is 3.96. The Balaban J connectivity index is 2.24. The van der Waals surface area contributed by atoms with Gasteiger partial charge in [0.1, 0.15) is 4.99 Å². The molecule has 1 heterocycles. The summed E-state index contributed by atoms with van der Waals surface area (Å²) in [6.07, 6.45) is 0. The normalized spacial score (nSPS) is 16.2. The summed E-state index contributed by atoms with van der Waals surface area (Å²) in [5.41, 5.74) is 9.01. The number of rotatable bonds is 2. The smallest absolute Gasteiger partial charge is 0.103 e. The van der Waals surface area contributed by atoms with Gasteiger partial charge in [0.2, 0.25) is 0 Å². The molecule has 0 unspecified atom stereocenters. The molecule has 16 heavy (non-hydrogen) atoms. The minimum atomic E-state index is 0.455. The number of aryl methyl sites for hydroxylation is 1. The van der Waals surface area contributed by atoms with Crippen molar-refractivity contribution in [1.29, 1.82) is 0 Å². The van der Waals surface area contributed by atoms with Crippen LogP contribution < -0.4 is 10.6 Å². The third kappa shape index (κ3) is 2.33. The van der Waals surface area contributed by atoms with Crippen LogP contribution in [0, 0.1) is 6.92 Å². The van der Waals surface area contributed by atoms with Crippen LogP contribution in [0.3, 0.4) is 0 Å². The first-order valence-corrected chi connectivity index (χ1v) is 5.82. The van der Waals surface area contributed by atoms with Crippen molar-refractivity contribution in [2.24, 2.45) is 5.73 Å². The van der Waals surface area contributed by atoms with Gasteiger partial charge in [-0.05, 0) is 30.7 Å². The lowest BCUT2D eigenvalue weighted by Gasteiger charge is -2.30. The Kier molecular flexibility index (Phi) is 3.41.